The molecular weight excluding hydrogens is 653 g/mol. The number of nitrogens with zero attached hydrogens (tertiary/aromatic N) is 2. The standard InChI is InChI=1S/C52H42N2/c1-5-13-47(14-6-1)53(48-15-7-2-8-16-48)51-37-29-43(30-38-51)23-21-41-25-33-45(34-26-41)46-35-27-42(28-36-46)22-24-44-31-39-52(40-32-44)54(49-17-9-3-10-18-49)50-19-11-4-12-20-50/h1-21,23,25-40H,22,24H2. The zero-order valence-electron chi connectivity index (χ0n) is 30.2. The summed E-state index contributed by atoms with van der Waals surface area (Å²) >= 11 is 0. The molecular formula is C52H42N2. The molecule has 0 saturated heterocycles. The molecule has 8 aromatic carbocycles. The van der Waals surface area contributed by atoms with Crippen LogP contribution in [0, 0.1) is 0 Å². The number of benzene rings is 8. The van der Waals surface area contributed by atoms with Gasteiger partial charge in [-0.15, -0.1) is 0 Å². The molecule has 0 aliphatic heterocycles. The molecule has 0 atom stereocenters. The maximum absolute atomic E-state index is 2.30. The Hall–Kier alpha value is -6.90. The second kappa shape index (κ2) is 16.6. The Morgan fingerprint density at radius 3 is 0.870 bits per heavy atom. The predicted octanol–water partition coefficient (Wildman–Crippen LogP) is 14.2. The highest BCUT2D eigenvalue weighted by atomic mass is 15.1. The van der Waals surface area contributed by atoms with Crippen molar-refractivity contribution in [3.63, 3.8) is 0 Å². The first-order valence-electron chi connectivity index (χ1n) is 18.6. The van der Waals surface area contributed by atoms with Crippen LogP contribution in [0.5, 0.6) is 0 Å². The van der Waals surface area contributed by atoms with Crippen molar-refractivity contribution in [3.8, 4) is 11.1 Å². The summed E-state index contributed by atoms with van der Waals surface area (Å²) in [5.74, 6) is 0. The van der Waals surface area contributed by atoms with Gasteiger partial charge >= 0.3 is 0 Å². The number of hydrogen-bond acceptors (Lipinski definition) is 2. The quantitative estimate of drug-likeness (QED) is 0.117. The fourth-order valence-corrected chi connectivity index (χ4v) is 6.88. The molecule has 0 aromatic heterocycles. The van der Waals surface area contributed by atoms with Gasteiger partial charge in [-0.3, -0.25) is 0 Å². The van der Waals surface area contributed by atoms with Crippen molar-refractivity contribution >= 4 is 46.3 Å². The van der Waals surface area contributed by atoms with E-state index < -0.39 is 0 Å². The summed E-state index contributed by atoms with van der Waals surface area (Å²) in [5, 5.41) is 0. The van der Waals surface area contributed by atoms with Gasteiger partial charge in [0.25, 0.3) is 0 Å². The molecule has 8 aromatic rings. The lowest BCUT2D eigenvalue weighted by atomic mass is 9.99. The van der Waals surface area contributed by atoms with Gasteiger partial charge < -0.3 is 9.80 Å². The molecule has 260 valence electrons. The number of anilines is 6. The topological polar surface area (TPSA) is 6.48 Å². The minimum Gasteiger partial charge on any atom is -0.311 e. The van der Waals surface area contributed by atoms with E-state index in [1.54, 1.807) is 0 Å². The zero-order valence-corrected chi connectivity index (χ0v) is 30.2. The van der Waals surface area contributed by atoms with Crippen molar-refractivity contribution in [2.75, 3.05) is 9.80 Å². The highest BCUT2D eigenvalue weighted by Gasteiger charge is 2.13. The first-order chi connectivity index (χ1) is 26.8. The van der Waals surface area contributed by atoms with Crippen LogP contribution in [0.3, 0.4) is 0 Å². The molecule has 0 N–H and O–H groups in total. The fourth-order valence-electron chi connectivity index (χ4n) is 6.88. The molecule has 0 radical (unpaired) electrons. The normalized spacial score (nSPS) is 11.0. The average molecular weight is 695 g/mol. The van der Waals surface area contributed by atoms with Crippen molar-refractivity contribution in [2.24, 2.45) is 0 Å². The predicted molar refractivity (Wildman–Crippen MR) is 230 cm³/mol. The smallest absolute Gasteiger partial charge is 0.0462 e. The maximum Gasteiger partial charge on any atom is 0.0462 e. The third kappa shape index (κ3) is 8.25. The minimum atomic E-state index is 0.998. The van der Waals surface area contributed by atoms with Crippen LogP contribution in [0.1, 0.15) is 22.3 Å². The summed E-state index contributed by atoms with van der Waals surface area (Å²) in [4.78, 5) is 4.58. The first kappa shape index (κ1) is 34.2. The third-order valence-electron chi connectivity index (χ3n) is 9.77. The highest BCUT2D eigenvalue weighted by molar-refractivity contribution is 5.79. The maximum atomic E-state index is 2.30. The number of para-hydroxylation sites is 4. The Kier molecular flexibility index (Phi) is 10.5. The summed E-state index contributed by atoms with van der Waals surface area (Å²) in [6.07, 6.45) is 6.36. The molecule has 0 heterocycles. The van der Waals surface area contributed by atoms with E-state index in [1.165, 1.54) is 27.8 Å². The Morgan fingerprint density at radius 2 is 0.519 bits per heavy atom. The van der Waals surface area contributed by atoms with Crippen LogP contribution >= 0.6 is 0 Å². The summed E-state index contributed by atoms with van der Waals surface area (Å²) in [6, 6.07) is 77.7. The number of hydrogen-bond donors (Lipinski definition) is 0. The molecule has 0 saturated carbocycles. The lowest BCUT2D eigenvalue weighted by molar-refractivity contribution is 0.960. The van der Waals surface area contributed by atoms with Crippen LogP contribution in [0.15, 0.2) is 218 Å². The van der Waals surface area contributed by atoms with Gasteiger partial charge in [-0.25, -0.2) is 0 Å². The van der Waals surface area contributed by atoms with E-state index in [1.807, 2.05) is 0 Å². The van der Waals surface area contributed by atoms with Crippen LogP contribution in [-0.2, 0) is 12.8 Å². The van der Waals surface area contributed by atoms with Gasteiger partial charge in [-0.1, -0.05) is 158 Å². The molecule has 8 rings (SSSR count). The van der Waals surface area contributed by atoms with Crippen molar-refractivity contribution < 1.29 is 0 Å². The molecule has 0 spiro atoms. The Morgan fingerprint density at radius 1 is 0.259 bits per heavy atom. The van der Waals surface area contributed by atoms with E-state index in [0.29, 0.717) is 0 Å². The van der Waals surface area contributed by atoms with Gasteiger partial charge in [-0.05, 0) is 119 Å². The van der Waals surface area contributed by atoms with Crippen LogP contribution in [0.2, 0.25) is 0 Å². The monoisotopic (exact) mass is 694 g/mol. The van der Waals surface area contributed by atoms with Crippen molar-refractivity contribution in [1.29, 1.82) is 0 Å². The van der Waals surface area contributed by atoms with Gasteiger partial charge in [-0.2, -0.15) is 0 Å². The van der Waals surface area contributed by atoms with E-state index in [9.17, 15) is 0 Å². The van der Waals surface area contributed by atoms with E-state index in [-0.39, 0.29) is 0 Å². The van der Waals surface area contributed by atoms with Gasteiger partial charge in [0.1, 0.15) is 0 Å². The Bertz CT molecular complexity index is 2290. The lowest BCUT2D eigenvalue weighted by Gasteiger charge is -2.25. The molecule has 0 amide bonds. The Balaban J connectivity index is 0.880. The largest absolute Gasteiger partial charge is 0.311 e. The minimum absolute atomic E-state index is 0.998. The fraction of sp³-hybridized carbons (Fsp3) is 0.0385. The van der Waals surface area contributed by atoms with Gasteiger partial charge in [0.15, 0.2) is 0 Å². The van der Waals surface area contributed by atoms with E-state index in [2.05, 4.69) is 240 Å². The van der Waals surface area contributed by atoms with Crippen LogP contribution in [0.4, 0.5) is 34.1 Å². The second-order valence-corrected chi connectivity index (χ2v) is 13.4. The number of aryl methyl sites for hydroxylation is 2. The zero-order chi connectivity index (χ0) is 36.4. The molecule has 0 fully saturated rings. The first-order valence-corrected chi connectivity index (χ1v) is 18.6. The van der Waals surface area contributed by atoms with Crippen LogP contribution in [0.25, 0.3) is 23.3 Å². The molecule has 54 heavy (non-hydrogen) atoms. The molecule has 0 unspecified atom stereocenters. The molecule has 0 bridgehead atoms. The summed E-state index contributed by atoms with van der Waals surface area (Å²) in [5.41, 5.74) is 14.3. The average Bonchev–Trinajstić information content (AvgIpc) is 3.25. The molecule has 0 aliphatic carbocycles. The lowest BCUT2D eigenvalue weighted by Crippen LogP contribution is -2.09. The van der Waals surface area contributed by atoms with E-state index >= 15 is 0 Å². The SMILES string of the molecule is C(=Cc1ccc(N(c2ccccc2)c2ccccc2)cc1)c1ccc(-c2ccc(CCc3ccc(N(c4ccccc4)c4ccccc4)cc3)cc2)cc1. The summed E-state index contributed by atoms with van der Waals surface area (Å²) in [7, 11) is 0. The van der Waals surface area contributed by atoms with Crippen molar-refractivity contribution in [3.05, 3.63) is 241 Å². The van der Waals surface area contributed by atoms with Crippen LogP contribution < -0.4 is 9.80 Å². The van der Waals surface area contributed by atoms with Crippen molar-refractivity contribution in [2.45, 2.75) is 12.8 Å². The summed E-state index contributed by atoms with van der Waals surface area (Å²) in [6.45, 7) is 0. The molecule has 2 nitrogen and oxygen atoms in total. The summed E-state index contributed by atoms with van der Waals surface area (Å²) < 4.78 is 0. The van der Waals surface area contributed by atoms with Gasteiger partial charge in [0, 0.05) is 34.1 Å². The third-order valence-corrected chi connectivity index (χ3v) is 9.77. The van der Waals surface area contributed by atoms with E-state index in [4.69, 9.17) is 0 Å². The van der Waals surface area contributed by atoms with Crippen molar-refractivity contribution in [1.82, 2.24) is 0 Å². The van der Waals surface area contributed by atoms with Gasteiger partial charge in [0.2, 0.25) is 0 Å². The second-order valence-electron chi connectivity index (χ2n) is 13.4. The molecule has 0 aliphatic rings. The molecule has 2 heteroatoms. The Labute approximate surface area is 319 Å². The highest BCUT2D eigenvalue weighted by Crippen LogP contribution is 2.35. The number of rotatable bonds is 12. The van der Waals surface area contributed by atoms with Gasteiger partial charge in [0.05, 0.1) is 0 Å². The van der Waals surface area contributed by atoms with Crippen LogP contribution in [-0.4, -0.2) is 0 Å². The van der Waals surface area contributed by atoms with E-state index in [0.717, 1.165) is 52.5 Å².